The lowest BCUT2D eigenvalue weighted by molar-refractivity contribution is -0.145. The number of carbonyl (C=O) groups excluding carboxylic acids is 1. The van der Waals surface area contributed by atoms with Gasteiger partial charge in [-0.25, -0.2) is 4.39 Å². The second kappa shape index (κ2) is 7.21. The molecule has 0 N–H and O–H groups in total. The van der Waals surface area contributed by atoms with Gasteiger partial charge in [-0.05, 0) is 32.0 Å². The molecular weight excluding hydrogens is 295 g/mol. The van der Waals surface area contributed by atoms with Crippen LogP contribution in [0.4, 0.5) is 4.39 Å². The number of nitrogens with zero attached hydrogens (tertiary/aromatic N) is 2. The first-order chi connectivity index (χ1) is 10.1. The minimum absolute atomic E-state index is 0.225. The lowest BCUT2D eigenvalue weighted by Crippen LogP contribution is -2.13. The molecule has 5 nitrogen and oxygen atoms in total. The molecule has 1 unspecified atom stereocenters. The number of carbonyl (C=O) groups is 1. The fourth-order valence-corrected chi connectivity index (χ4v) is 2.36. The van der Waals surface area contributed by atoms with E-state index in [1.807, 2.05) is 0 Å². The van der Waals surface area contributed by atoms with Gasteiger partial charge in [0.15, 0.2) is 5.82 Å². The Balaban J connectivity index is 1.95. The molecule has 1 aromatic carbocycles. The maximum atomic E-state index is 13.0. The summed E-state index contributed by atoms with van der Waals surface area (Å²) in [5.41, 5.74) is 0. The van der Waals surface area contributed by atoms with Gasteiger partial charge in [-0.3, -0.25) is 4.79 Å². The largest absolute Gasteiger partial charge is 0.465 e. The average Bonchev–Trinajstić information content (AvgIpc) is 2.93. The maximum Gasteiger partial charge on any atom is 0.318 e. The van der Waals surface area contributed by atoms with E-state index in [1.54, 1.807) is 26.0 Å². The maximum absolute atomic E-state index is 13.0. The highest BCUT2D eigenvalue weighted by atomic mass is 32.2. The van der Waals surface area contributed by atoms with Crippen LogP contribution in [0, 0.1) is 5.82 Å². The minimum Gasteiger partial charge on any atom is -0.465 e. The molecule has 0 fully saturated rings. The molecule has 2 rings (SSSR count). The molecular formula is C14H15FN2O3S. The summed E-state index contributed by atoms with van der Waals surface area (Å²) < 4.78 is 23.0. The van der Waals surface area contributed by atoms with Crippen molar-refractivity contribution in [3.63, 3.8) is 0 Å². The van der Waals surface area contributed by atoms with E-state index < -0.39 is 11.9 Å². The highest BCUT2D eigenvalue weighted by Crippen LogP contribution is 2.23. The number of thioether (sulfide) groups is 1. The van der Waals surface area contributed by atoms with Crippen molar-refractivity contribution in [2.75, 3.05) is 6.61 Å². The van der Waals surface area contributed by atoms with Crippen molar-refractivity contribution < 1.29 is 18.4 Å². The SMILES string of the molecule is CCOC(=O)C(C)c1nc(CSc2cccc(F)c2)no1. The van der Waals surface area contributed by atoms with Crippen molar-refractivity contribution >= 4 is 17.7 Å². The van der Waals surface area contributed by atoms with E-state index in [9.17, 15) is 9.18 Å². The van der Waals surface area contributed by atoms with E-state index in [1.165, 1.54) is 23.9 Å². The topological polar surface area (TPSA) is 65.2 Å². The Morgan fingerprint density at radius 2 is 2.33 bits per heavy atom. The molecule has 0 spiro atoms. The van der Waals surface area contributed by atoms with Gasteiger partial charge in [0.25, 0.3) is 0 Å². The first kappa shape index (κ1) is 15.5. The van der Waals surface area contributed by atoms with Gasteiger partial charge in [0.1, 0.15) is 11.7 Å². The summed E-state index contributed by atoms with van der Waals surface area (Å²) in [6, 6.07) is 6.27. The summed E-state index contributed by atoms with van der Waals surface area (Å²) in [5.74, 6) is -0.165. The first-order valence-corrected chi connectivity index (χ1v) is 7.46. The lowest BCUT2D eigenvalue weighted by Gasteiger charge is -2.04. The molecule has 7 heteroatoms. The lowest BCUT2D eigenvalue weighted by atomic mass is 10.2. The van der Waals surface area contributed by atoms with Gasteiger partial charge in [-0.15, -0.1) is 11.8 Å². The van der Waals surface area contributed by atoms with Crippen molar-refractivity contribution in [1.82, 2.24) is 10.1 Å². The van der Waals surface area contributed by atoms with Gasteiger partial charge in [0.2, 0.25) is 5.89 Å². The second-order valence-corrected chi connectivity index (χ2v) is 5.32. The van der Waals surface area contributed by atoms with E-state index in [2.05, 4.69) is 10.1 Å². The third-order valence-electron chi connectivity index (χ3n) is 2.66. The Bertz CT molecular complexity index is 618. The van der Waals surface area contributed by atoms with Crippen LogP contribution in [0.15, 0.2) is 33.7 Å². The normalized spacial score (nSPS) is 12.1. The third-order valence-corrected chi connectivity index (χ3v) is 3.65. The van der Waals surface area contributed by atoms with Crippen LogP contribution >= 0.6 is 11.8 Å². The van der Waals surface area contributed by atoms with E-state index in [4.69, 9.17) is 9.26 Å². The van der Waals surface area contributed by atoms with Crippen molar-refractivity contribution in [1.29, 1.82) is 0 Å². The number of aromatic nitrogens is 2. The zero-order chi connectivity index (χ0) is 15.2. The third kappa shape index (κ3) is 4.29. The summed E-state index contributed by atoms with van der Waals surface area (Å²) in [7, 11) is 0. The minimum atomic E-state index is -0.592. The van der Waals surface area contributed by atoms with Gasteiger partial charge in [0, 0.05) is 4.90 Å². The molecule has 21 heavy (non-hydrogen) atoms. The molecule has 1 aromatic heterocycles. The van der Waals surface area contributed by atoms with Gasteiger partial charge in [0.05, 0.1) is 12.4 Å². The standard InChI is InChI=1S/C14H15FN2O3S/c1-3-19-14(18)9(2)13-16-12(17-20-13)8-21-11-6-4-5-10(15)7-11/h4-7,9H,3,8H2,1-2H3. The smallest absolute Gasteiger partial charge is 0.318 e. The molecule has 0 aliphatic carbocycles. The summed E-state index contributed by atoms with van der Waals surface area (Å²) >= 11 is 1.39. The molecule has 1 heterocycles. The van der Waals surface area contributed by atoms with Crippen LogP contribution in [0.3, 0.4) is 0 Å². The number of benzene rings is 1. The molecule has 0 bridgehead atoms. The Hall–Kier alpha value is -1.89. The van der Waals surface area contributed by atoms with Crippen LogP contribution in [-0.4, -0.2) is 22.7 Å². The van der Waals surface area contributed by atoms with Crippen molar-refractivity contribution in [3.05, 3.63) is 41.8 Å². The summed E-state index contributed by atoms with van der Waals surface area (Å²) in [4.78, 5) is 16.5. The van der Waals surface area contributed by atoms with E-state index in [0.717, 1.165) is 4.90 Å². The number of halogens is 1. The van der Waals surface area contributed by atoms with Crippen LogP contribution in [0.2, 0.25) is 0 Å². The van der Waals surface area contributed by atoms with Crippen molar-refractivity contribution in [2.24, 2.45) is 0 Å². The van der Waals surface area contributed by atoms with E-state index in [-0.39, 0.29) is 11.7 Å². The Labute approximate surface area is 125 Å². The average molecular weight is 310 g/mol. The van der Waals surface area contributed by atoms with Crippen LogP contribution in [0.5, 0.6) is 0 Å². The molecule has 2 aromatic rings. The second-order valence-electron chi connectivity index (χ2n) is 4.27. The zero-order valence-electron chi connectivity index (χ0n) is 11.7. The molecule has 112 valence electrons. The van der Waals surface area contributed by atoms with Gasteiger partial charge < -0.3 is 9.26 Å². The highest BCUT2D eigenvalue weighted by Gasteiger charge is 2.23. The molecule has 0 aliphatic rings. The van der Waals surface area contributed by atoms with Gasteiger partial charge >= 0.3 is 5.97 Å². The van der Waals surface area contributed by atoms with E-state index >= 15 is 0 Å². The molecule has 0 amide bonds. The monoisotopic (exact) mass is 310 g/mol. The quantitative estimate of drug-likeness (QED) is 0.603. The molecule has 1 atom stereocenters. The zero-order valence-corrected chi connectivity index (χ0v) is 12.5. The summed E-state index contributed by atoms with van der Waals surface area (Å²) in [5, 5.41) is 3.81. The fourth-order valence-electron chi connectivity index (χ4n) is 1.57. The molecule has 0 aliphatic heterocycles. The van der Waals surface area contributed by atoms with Crippen molar-refractivity contribution in [2.45, 2.75) is 30.4 Å². The van der Waals surface area contributed by atoms with Crippen LogP contribution in [-0.2, 0) is 15.3 Å². The van der Waals surface area contributed by atoms with Gasteiger partial charge in [-0.1, -0.05) is 11.2 Å². The predicted molar refractivity (Wildman–Crippen MR) is 75.3 cm³/mol. The molecule has 0 saturated heterocycles. The van der Waals surface area contributed by atoms with E-state index in [0.29, 0.717) is 18.2 Å². The Morgan fingerprint density at radius 1 is 1.52 bits per heavy atom. The first-order valence-electron chi connectivity index (χ1n) is 6.47. The Kier molecular flexibility index (Phi) is 5.32. The highest BCUT2D eigenvalue weighted by molar-refractivity contribution is 7.98. The summed E-state index contributed by atoms with van der Waals surface area (Å²) in [6.45, 7) is 3.69. The van der Waals surface area contributed by atoms with Crippen molar-refractivity contribution in [3.8, 4) is 0 Å². The van der Waals surface area contributed by atoms with Crippen LogP contribution in [0.25, 0.3) is 0 Å². The number of hydrogen-bond donors (Lipinski definition) is 0. The number of esters is 1. The molecule has 0 radical (unpaired) electrons. The molecule has 0 saturated carbocycles. The number of rotatable bonds is 6. The van der Waals surface area contributed by atoms with Crippen LogP contribution < -0.4 is 0 Å². The predicted octanol–water partition coefficient (Wildman–Crippen LogP) is 3.17. The number of ether oxygens (including phenoxy) is 1. The van der Waals surface area contributed by atoms with Crippen LogP contribution in [0.1, 0.15) is 31.5 Å². The number of hydrogen-bond acceptors (Lipinski definition) is 6. The summed E-state index contributed by atoms with van der Waals surface area (Å²) in [6.07, 6.45) is 0. The van der Waals surface area contributed by atoms with Gasteiger partial charge in [-0.2, -0.15) is 4.98 Å². The fraction of sp³-hybridized carbons (Fsp3) is 0.357. The Morgan fingerprint density at radius 3 is 3.05 bits per heavy atom.